The summed E-state index contributed by atoms with van der Waals surface area (Å²) >= 11 is 0. The van der Waals surface area contributed by atoms with Crippen molar-refractivity contribution in [2.45, 2.75) is 30.7 Å². The number of carbonyl (C=O) groups is 1. The van der Waals surface area contributed by atoms with Crippen LogP contribution in [0.5, 0.6) is 11.5 Å². The lowest BCUT2D eigenvalue weighted by molar-refractivity contribution is -0.131. The summed E-state index contributed by atoms with van der Waals surface area (Å²) in [5.41, 5.74) is 0. The summed E-state index contributed by atoms with van der Waals surface area (Å²) in [6.07, 6.45) is 1.91. The number of amides is 1. The van der Waals surface area contributed by atoms with E-state index in [0.29, 0.717) is 18.8 Å². The van der Waals surface area contributed by atoms with E-state index in [1.165, 1.54) is 26.4 Å². The summed E-state index contributed by atoms with van der Waals surface area (Å²) in [4.78, 5) is 13.9. The zero-order valence-corrected chi connectivity index (χ0v) is 14.4. The molecule has 1 aromatic rings. The first-order valence-corrected chi connectivity index (χ1v) is 8.90. The number of ether oxygens (including phenoxy) is 2. The summed E-state index contributed by atoms with van der Waals surface area (Å²) in [5.74, 6) is 0.372. The number of sulfonamides is 1. The first-order valence-electron chi connectivity index (χ1n) is 7.42. The van der Waals surface area contributed by atoms with Crippen molar-refractivity contribution in [3.63, 3.8) is 0 Å². The van der Waals surface area contributed by atoms with E-state index < -0.39 is 16.1 Å². The number of benzene rings is 1. The molecule has 0 bridgehead atoms. The minimum Gasteiger partial charge on any atom is -0.497 e. The minimum absolute atomic E-state index is 0.0552. The Hall–Kier alpha value is -1.80. The van der Waals surface area contributed by atoms with E-state index >= 15 is 0 Å². The fourth-order valence-electron chi connectivity index (χ4n) is 2.55. The zero-order chi connectivity index (χ0) is 17.0. The van der Waals surface area contributed by atoms with E-state index in [0.717, 1.165) is 12.8 Å². The number of carbonyl (C=O) groups excluding carboxylic acids is 1. The zero-order valence-electron chi connectivity index (χ0n) is 13.5. The molecular weight excluding hydrogens is 320 g/mol. The fraction of sp³-hybridized carbons (Fsp3) is 0.533. The van der Waals surface area contributed by atoms with Gasteiger partial charge in [-0.1, -0.05) is 0 Å². The van der Waals surface area contributed by atoms with Crippen LogP contribution in [0.3, 0.4) is 0 Å². The van der Waals surface area contributed by atoms with E-state index in [1.807, 2.05) is 0 Å². The van der Waals surface area contributed by atoms with Gasteiger partial charge in [-0.3, -0.25) is 4.79 Å². The molecule has 1 fully saturated rings. The molecule has 1 aliphatic heterocycles. The van der Waals surface area contributed by atoms with E-state index in [-0.39, 0.29) is 16.6 Å². The molecule has 0 saturated carbocycles. The summed E-state index contributed by atoms with van der Waals surface area (Å²) in [5, 5.41) is 0. The molecule has 1 saturated heterocycles. The van der Waals surface area contributed by atoms with Gasteiger partial charge in [0.15, 0.2) is 0 Å². The molecule has 1 atom stereocenters. The highest BCUT2D eigenvalue weighted by atomic mass is 32.2. The molecule has 1 aromatic carbocycles. The molecule has 0 aliphatic carbocycles. The Balaban J connectivity index is 2.22. The molecular formula is C15H22N2O5S. The molecule has 0 aromatic heterocycles. The Labute approximate surface area is 136 Å². The van der Waals surface area contributed by atoms with Crippen LogP contribution in [0.1, 0.15) is 19.8 Å². The fourth-order valence-corrected chi connectivity index (χ4v) is 3.93. The highest BCUT2D eigenvalue weighted by molar-refractivity contribution is 7.89. The molecule has 1 aliphatic rings. The number of likely N-dealkylation sites (tertiary alicyclic amines) is 1. The highest BCUT2D eigenvalue weighted by Crippen LogP contribution is 2.28. The quantitative estimate of drug-likeness (QED) is 0.833. The number of nitrogens with one attached hydrogen (secondary N) is 1. The molecule has 1 heterocycles. The first kappa shape index (κ1) is 17.6. The predicted octanol–water partition coefficient (Wildman–Crippen LogP) is 0.993. The lowest BCUT2D eigenvalue weighted by atomic mass is 10.3. The predicted molar refractivity (Wildman–Crippen MR) is 85.1 cm³/mol. The lowest BCUT2D eigenvalue weighted by Gasteiger charge is -2.21. The third kappa shape index (κ3) is 3.94. The van der Waals surface area contributed by atoms with Crippen molar-refractivity contribution in [3.8, 4) is 11.5 Å². The van der Waals surface area contributed by atoms with Crippen LogP contribution in [-0.4, -0.2) is 52.6 Å². The van der Waals surface area contributed by atoms with Crippen molar-refractivity contribution in [2.75, 3.05) is 27.3 Å². The van der Waals surface area contributed by atoms with Crippen LogP contribution in [0.25, 0.3) is 0 Å². The maximum Gasteiger partial charge on any atom is 0.245 e. The Bertz CT molecular complexity index is 668. The normalized spacial score (nSPS) is 16.2. The molecule has 0 radical (unpaired) electrons. The summed E-state index contributed by atoms with van der Waals surface area (Å²) < 4.78 is 37.8. The minimum atomic E-state index is -3.91. The Morgan fingerprint density at radius 2 is 1.87 bits per heavy atom. The van der Waals surface area contributed by atoms with Crippen LogP contribution in [0.2, 0.25) is 0 Å². The third-order valence-electron chi connectivity index (χ3n) is 3.78. The van der Waals surface area contributed by atoms with Gasteiger partial charge in [-0.2, -0.15) is 4.72 Å². The number of methoxy groups -OCH3 is 2. The maximum absolute atomic E-state index is 12.6. The molecule has 0 spiro atoms. The molecule has 128 valence electrons. The molecule has 1 amide bonds. The smallest absolute Gasteiger partial charge is 0.245 e. The summed E-state index contributed by atoms with van der Waals surface area (Å²) in [7, 11) is -1.07. The van der Waals surface area contributed by atoms with Gasteiger partial charge >= 0.3 is 0 Å². The van der Waals surface area contributed by atoms with E-state index in [1.54, 1.807) is 17.9 Å². The van der Waals surface area contributed by atoms with Crippen LogP contribution in [0.15, 0.2) is 23.1 Å². The average molecular weight is 342 g/mol. The van der Waals surface area contributed by atoms with Gasteiger partial charge in [0, 0.05) is 19.2 Å². The Morgan fingerprint density at radius 1 is 1.22 bits per heavy atom. The SMILES string of the molecule is COc1ccc(OC)c(S(=O)(=O)N[C@@H](C)C(=O)N2CCCC2)c1. The van der Waals surface area contributed by atoms with Crippen LogP contribution in [0.4, 0.5) is 0 Å². The van der Waals surface area contributed by atoms with Crippen molar-refractivity contribution in [1.29, 1.82) is 0 Å². The molecule has 0 unspecified atom stereocenters. The van der Waals surface area contributed by atoms with Crippen molar-refractivity contribution < 1.29 is 22.7 Å². The van der Waals surface area contributed by atoms with Gasteiger partial charge in [0.05, 0.1) is 20.3 Å². The van der Waals surface area contributed by atoms with Gasteiger partial charge < -0.3 is 14.4 Å². The van der Waals surface area contributed by atoms with Gasteiger partial charge in [0.25, 0.3) is 0 Å². The van der Waals surface area contributed by atoms with Gasteiger partial charge in [-0.15, -0.1) is 0 Å². The number of nitrogens with zero attached hydrogens (tertiary/aromatic N) is 1. The maximum atomic E-state index is 12.6. The number of hydrogen-bond donors (Lipinski definition) is 1. The van der Waals surface area contributed by atoms with Crippen molar-refractivity contribution in [2.24, 2.45) is 0 Å². The second-order valence-corrected chi connectivity index (χ2v) is 7.07. The van der Waals surface area contributed by atoms with Crippen LogP contribution in [-0.2, 0) is 14.8 Å². The lowest BCUT2D eigenvalue weighted by Crippen LogP contribution is -2.45. The van der Waals surface area contributed by atoms with E-state index in [4.69, 9.17) is 9.47 Å². The van der Waals surface area contributed by atoms with Gasteiger partial charge in [0.2, 0.25) is 15.9 Å². The number of rotatable bonds is 6. The topological polar surface area (TPSA) is 84.9 Å². The van der Waals surface area contributed by atoms with Gasteiger partial charge in [-0.05, 0) is 31.9 Å². The van der Waals surface area contributed by atoms with Gasteiger partial charge in [-0.25, -0.2) is 8.42 Å². The first-order chi connectivity index (χ1) is 10.9. The van der Waals surface area contributed by atoms with Gasteiger partial charge in [0.1, 0.15) is 16.4 Å². The summed E-state index contributed by atoms with van der Waals surface area (Å²) in [6.45, 7) is 2.89. The standard InChI is InChI=1S/C15H22N2O5S/c1-11(15(18)17-8-4-5-9-17)16-23(19,20)14-10-12(21-2)6-7-13(14)22-3/h6-7,10-11,16H,4-5,8-9H2,1-3H3/t11-/m0/s1. The van der Waals surface area contributed by atoms with E-state index in [2.05, 4.69) is 4.72 Å². The Morgan fingerprint density at radius 3 is 2.43 bits per heavy atom. The monoisotopic (exact) mass is 342 g/mol. The third-order valence-corrected chi connectivity index (χ3v) is 5.34. The average Bonchev–Trinajstić information content (AvgIpc) is 3.07. The molecule has 8 heteroatoms. The van der Waals surface area contributed by atoms with Crippen molar-refractivity contribution in [3.05, 3.63) is 18.2 Å². The Kier molecular flexibility index (Phi) is 5.48. The largest absolute Gasteiger partial charge is 0.497 e. The molecule has 23 heavy (non-hydrogen) atoms. The van der Waals surface area contributed by atoms with Crippen molar-refractivity contribution in [1.82, 2.24) is 9.62 Å². The highest BCUT2D eigenvalue weighted by Gasteiger charge is 2.29. The van der Waals surface area contributed by atoms with Crippen LogP contribution in [0, 0.1) is 0 Å². The van der Waals surface area contributed by atoms with Crippen LogP contribution >= 0.6 is 0 Å². The van der Waals surface area contributed by atoms with E-state index in [9.17, 15) is 13.2 Å². The molecule has 7 nitrogen and oxygen atoms in total. The van der Waals surface area contributed by atoms with Crippen molar-refractivity contribution >= 4 is 15.9 Å². The number of hydrogen-bond acceptors (Lipinski definition) is 5. The second kappa shape index (κ2) is 7.18. The second-order valence-electron chi connectivity index (χ2n) is 5.39. The summed E-state index contributed by atoms with van der Waals surface area (Å²) in [6, 6.07) is 3.65. The molecule has 2 rings (SSSR count). The van der Waals surface area contributed by atoms with Crippen LogP contribution < -0.4 is 14.2 Å². The molecule has 1 N–H and O–H groups in total.